The van der Waals surface area contributed by atoms with Crippen molar-refractivity contribution in [1.82, 2.24) is 10.6 Å². The Labute approximate surface area is 140 Å². The Morgan fingerprint density at radius 1 is 1.35 bits per heavy atom. The van der Waals surface area contributed by atoms with Gasteiger partial charge in [0.15, 0.2) is 0 Å². The second-order valence-corrected chi connectivity index (χ2v) is 7.52. The summed E-state index contributed by atoms with van der Waals surface area (Å²) < 4.78 is 5.81. The Kier molecular flexibility index (Phi) is 6.19. The normalized spacial score (nSPS) is 21.9. The second kappa shape index (κ2) is 7.93. The van der Waals surface area contributed by atoms with Crippen LogP contribution in [0.3, 0.4) is 0 Å². The number of rotatable bonds is 5. The van der Waals surface area contributed by atoms with E-state index in [9.17, 15) is 4.79 Å². The molecule has 0 aromatic heterocycles. The minimum Gasteiger partial charge on any atom is -0.371 e. The van der Waals surface area contributed by atoms with Crippen LogP contribution in [0.2, 0.25) is 0 Å². The van der Waals surface area contributed by atoms with Crippen LogP contribution >= 0.6 is 0 Å². The van der Waals surface area contributed by atoms with Gasteiger partial charge in [0, 0.05) is 18.5 Å². The molecule has 1 aliphatic rings. The summed E-state index contributed by atoms with van der Waals surface area (Å²) in [6, 6.07) is 8.67. The summed E-state index contributed by atoms with van der Waals surface area (Å²) in [6.07, 6.45) is 1.85. The van der Waals surface area contributed by atoms with Gasteiger partial charge in [-0.25, -0.2) is 0 Å². The first kappa shape index (κ1) is 18.0. The standard InChI is InChI=1S/C19H30N2O2/c1-14-10-17(8-9-20-14)18(22)21-12-15-6-5-7-16(11-15)13-23-19(2,3)4/h5-7,11,14,17,20H,8-10,12-13H2,1-4H3,(H,21,22)/t14-,17-/m0/s1. The lowest BCUT2D eigenvalue weighted by Gasteiger charge is -2.27. The number of benzene rings is 1. The Bertz CT molecular complexity index is 522. The molecule has 1 saturated heterocycles. The summed E-state index contributed by atoms with van der Waals surface area (Å²) >= 11 is 0. The van der Waals surface area contributed by atoms with Gasteiger partial charge in [-0.2, -0.15) is 0 Å². The van der Waals surface area contributed by atoms with Gasteiger partial charge in [-0.05, 0) is 58.2 Å². The van der Waals surface area contributed by atoms with E-state index in [1.54, 1.807) is 0 Å². The monoisotopic (exact) mass is 318 g/mol. The molecule has 1 heterocycles. The van der Waals surface area contributed by atoms with E-state index in [4.69, 9.17) is 4.74 Å². The van der Waals surface area contributed by atoms with Crippen LogP contribution in [-0.2, 0) is 22.7 Å². The molecule has 4 heteroatoms. The first-order chi connectivity index (χ1) is 10.8. The predicted octanol–water partition coefficient (Wildman–Crippen LogP) is 3.01. The third kappa shape index (κ3) is 6.32. The van der Waals surface area contributed by atoms with Crippen LogP contribution in [0.5, 0.6) is 0 Å². The molecule has 4 nitrogen and oxygen atoms in total. The van der Waals surface area contributed by atoms with E-state index in [0.717, 1.165) is 30.5 Å². The third-order valence-electron chi connectivity index (χ3n) is 4.12. The molecular weight excluding hydrogens is 288 g/mol. The van der Waals surface area contributed by atoms with E-state index in [0.29, 0.717) is 19.2 Å². The van der Waals surface area contributed by atoms with Crippen molar-refractivity contribution in [3.8, 4) is 0 Å². The molecule has 1 amide bonds. The molecule has 0 radical (unpaired) electrons. The first-order valence-electron chi connectivity index (χ1n) is 8.56. The van der Waals surface area contributed by atoms with Crippen molar-refractivity contribution in [2.75, 3.05) is 6.54 Å². The number of amides is 1. The number of hydrogen-bond acceptors (Lipinski definition) is 3. The molecule has 0 bridgehead atoms. The maximum Gasteiger partial charge on any atom is 0.223 e. The molecule has 2 rings (SSSR count). The van der Waals surface area contributed by atoms with Gasteiger partial charge in [-0.3, -0.25) is 4.79 Å². The fraction of sp³-hybridized carbons (Fsp3) is 0.632. The number of carbonyl (C=O) groups excluding carboxylic acids is 1. The van der Waals surface area contributed by atoms with Gasteiger partial charge < -0.3 is 15.4 Å². The van der Waals surface area contributed by atoms with E-state index in [1.165, 1.54) is 0 Å². The zero-order chi connectivity index (χ0) is 16.9. The molecule has 1 aliphatic heterocycles. The number of ether oxygens (including phenoxy) is 1. The Morgan fingerprint density at radius 3 is 2.78 bits per heavy atom. The van der Waals surface area contributed by atoms with Crippen molar-refractivity contribution in [3.05, 3.63) is 35.4 Å². The molecular formula is C19H30N2O2. The topological polar surface area (TPSA) is 50.4 Å². The highest BCUT2D eigenvalue weighted by molar-refractivity contribution is 5.78. The van der Waals surface area contributed by atoms with E-state index in [-0.39, 0.29) is 17.4 Å². The zero-order valence-electron chi connectivity index (χ0n) is 14.8. The Hall–Kier alpha value is -1.39. The highest BCUT2D eigenvalue weighted by Crippen LogP contribution is 2.17. The SMILES string of the molecule is C[C@H]1C[C@@H](C(=O)NCc2cccc(COC(C)(C)C)c2)CCN1. The Balaban J connectivity index is 1.84. The minimum atomic E-state index is -0.143. The average Bonchev–Trinajstić information content (AvgIpc) is 2.50. The van der Waals surface area contributed by atoms with Gasteiger partial charge in [0.25, 0.3) is 0 Å². The van der Waals surface area contributed by atoms with Crippen molar-refractivity contribution in [1.29, 1.82) is 0 Å². The fourth-order valence-electron chi connectivity index (χ4n) is 2.83. The van der Waals surface area contributed by atoms with Crippen molar-refractivity contribution < 1.29 is 9.53 Å². The van der Waals surface area contributed by atoms with Crippen molar-refractivity contribution in [2.24, 2.45) is 5.92 Å². The fourth-order valence-corrected chi connectivity index (χ4v) is 2.83. The van der Waals surface area contributed by atoms with Crippen LogP contribution in [0.4, 0.5) is 0 Å². The average molecular weight is 318 g/mol. The lowest BCUT2D eigenvalue weighted by atomic mass is 9.92. The molecule has 23 heavy (non-hydrogen) atoms. The maximum atomic E-state index is 12.3. The number of carbonyl (C=O) groups is 1. The quantitative estimate of drug-likeness (QED) is 0.877. The molecule has 1 aromatic carbocycles. The van der Waals surface area contributed by atoms with E-state index < -0.39 is 0 Å². The minimum absolute atomic E-state index is 0.138. The lowest BCUT2D eigenvalue weighted by molar-refractivity contribution is -0.126. The van der Waals surface area contributed by atoms with E-state index >= 15 is 0 Å². The highest BCUT2D eigenvalue weighted by atomic mass is 16.5. The van der Waals surface area contributed by atoms with Gasteiger partial charge >= 0.3 is 0 Å². The molecule has 0 aliphatic carbocycles. The van der Waals surface area contributed by atoms with Gasteiger partial charge in [0.05, 0.1) is 12.2 Å². The molecule has 0 saturated carbocycles. The molecule has 1 fully saturated rings. The second-order valence-electron chi connectivity index (χ2n) is 7.52. The zero-order valence-corrected chi connectivity index (χ0v) is 14.8. The smallest absolute Gasteiger partial charge is 0.223 e. The molecule has 1 aromatic rings. The first-order valence-corrected chi connectivity index (χ1v) is 8.56. The van der Waals surface area contributed by atoms with Crippen LogP contribution in [0.1, 0.15) is 51.7 Å². The van der Waals surface area contributed by atoms with Crippen LogP contribution in [-0.4, -0.2) is 24.1 Å². The van der Waals surface area contributed by atoms with Crippen molar-refractivity contribution in [2.45, 2.75) is 65.3 Å². The molecule has 128 valence electrons. The number of piperidine rings is 1. The van der Waals surface area contributed by atoms with Crippen LogP contribution < -0.4 is 10.6 Å². The molecule has 2 atom stereocenters. The summed E-state index contributed by atoms with van der Waals surface area (Å²) in [6.45, 7) is 10.4. The maximum absolute atomic E-state index is 12.3. The van der Waals surface area contributed by atoms with Gasteiger partial charge in [-0.15, -0.1) is 0 Å². The van der Waals surface area contributed by atoms with Crippen LogP contribution in [0, 0.1) is 5.92 Å². The molecule has 0 unspecified atom stereocenters. The highest BCUT2D eigenvalue weighted by Gasteiger charge is 2.24. The van der Waals surface area contributed by atoms with Gasteiger partial charge in [-0.1, -0.05) is 24.3 Å². The predicted molar refractivity (Wildman–Crippen MR) is 93.0 cm³/mol. The van der Waals surface area contributed by atoms with Crippen LogP contribution in [0.25, 0.3) is 0 Å². The summed E-state index contributed by atoms with van der Waals surface area (Å²) in [5.74, 6) is 0.313. The lowest BCUT2D eigenvalue weighted by Crippen LogP contribution is -2.42. The van der Waals surface area contributed by atoms with Crippen LogP contribution in [0.15, 0.2) is 24.3 Å². The summed E-state index contributed by atoms with van der Waals surface area (Å²) in [5.41, 5.74) is 2.12. The molecule has 2 N–H and O–H groups in total. The number of hydrogen-bond donors (Lipinski definition) is 2. The summed E-state index contributed by atoms with van der Waals surface area (Å²) in [5, 5.41) is 6.46. The van der Waals surface area contributed by atoms with Crippen molar-refractivity contribution >= 4 is 5.91 Å². The van der Waals surface area contributed by atoms with Crippen molar-refractivity contribution in [3.63, 3.8) is 0 Å². The number of nitrogens with one attached hydrogen (secondary N) is 2. The molecule has 0 spiro atoms. The van der Waals surface area contributed by atoms with E-state index in [1.807, 2.05) is 12.1 Å². The largest absolute Gasteiger partial charge is 0.371 e. The third-order valence-corrected chi connectivity index (χ3v) is 4.12. The summed E-state index contributed by atoms with van der Waals surface area (Å²) in [7, 11) is 0. The van der Waals surface area contributed by atoms with Gasteiger partial charge in [0.1, 0.15) is 0 Å². The Morgan fingerprint density at radius 2 is 2.09 bits per heavy atom. The summed E-state index contributed by atoms with van der Waals surface area (Å²) in [4.78, 5) is 12.3. The van der Waals surface area contributed by atoms with Gasteiger partial charge in [0.2, 0.25) is 5.91 Å². The van der Waals surface area contributed by atoms with E-state index in [2.05, 4.69) is 50.5 Å².